The molecule has 0 spiro atoms. The summed E-state index contributed by atoms with van der Waals surface area (Å²) in [4.78, 5) is 16.8. The van der Waals surface area contributed by atoms with Crippen molar-refractivity contribution < 1.29 is 9.90 Å². The van der Waals surface area contributed by atoms with Gasteiger partial charge in [0.15, 0.2) is 5.13 Å². The van der Waals surface area contributed by atoms with Gasteiger partial charge in [0.2, 0.25) is 0 Å². The van der Waals surface area contributed by atoms with Crippen molar-refractivity contribution in [1.82, 2.24) is 10.3 Å². The summed E-state index contributed by atoms with van der Waals surface area (Å²) in [5.41, 5.74) is 5.74. The monoisotopic (exact) mass is 314 g/mol. The van der Waals surface area contributed by atoms with Crippen molar-refractivity contribution in [2.45, 2.75) is 46.6 Å². The Balaban J connectivity index is 2.61. The molecular formula is C14H26N4O2S. The van der Waals surface area contributed by atoms with Gasteiger partial charge in [-0.1, -0.05) is 25.2 Å². The van der Waals surface area contributed by atoms with E-state index in [9.17, 15) is 4.79 Å². The predicted octanol–water partition coefficient (Wildman–Crippen LogP) is 2.07. The van der Waals surface area contributed by atoms with Crippen LogP contribution in [-0.2, 0) is 0 Å². The predicted molar refractivity (Wildman–Crippen MR) is 87.7 cm³/mol. The lowest BCUT2D eigenvalue weighted by Gasteiger charge is -2.24. The Hall–Kier alpha value is -1.34. The van der Waals surface area contributed by atoms with Crippen LogP contribution in [0, 0.1) is 5.41 Å². The summed E-state index contributed by atoms with van der Waals surface area (Å²) in [5, 5.41) is 15.6. The summed E-state index contributed by atoms with van der Waals surface area (Å²) in [6.45, 7) is 8.83. The molecule has 0 aliphatic carbocycles. The standard InChI is InChI=1S/C14H26N4O2S/c1-9(2)17-13-18-11(15)10(21-13)12(20)16-8-14(3,4)6-5-7-19/h9,19H,5-8,15H2,1-4H3,(H,16,20)(H,17,18). The molecule has 0 saturated heterocycles. The second-order valence-electron chi connectivity index (χ2n) is 6.21. The molecule has 21 heavy (non-hydrogen) atoms. The molecule has 6 nitrogen and oxygen atoms in total. The van der Waals surface area contributed by atoms with Gasteiger partial charge in [0.05, 0.1) is 0 Å². The molecule has 1 aromatic heterocycles. The van der Waals surface area contributed by atoms with Crippen LogP contribution in [0.15, 0.2) is 0 Å². The molecule has 0 unspecified atom stereocenters. The quantitative estimate of drug-likeness (QED) is 0.588. The summed E-state index contributed by atoms with van der Waals surface area (Å²) < 4.78 is 0. The number of nitrogens with one attached hydrogen (secondary N) is 2. The molecule has 0 saturated carbocycles. The van der Waals surface area contributed by atoms with Crippen LogP contribution in [0.3, 0.4) is 0 Å². The van der Waals surface area contributed by atoms with E-state index >= 15 is 0 Å². The number of aromatic nitrogens is 1. The van der Waals surface area contributed by atoms with Crippen molar-refractivity contribution in [3.05, 3.63) is 4.88 Å². The van der Waals surface area contributed by atoms with Gasteiger partial charge in [0.1, 0.15) is 10.7 Å². The minimum Gasteiger partial charge on any atom is -0.396 e. The van der Waals surface area contributed by atoms with Crippen LogP contribution in [0.25, 0.3) is 0 Å². The number of aliphatic hydroxyl groups is 1. The van der Waals surface area contributed by atoms with Gasteiger partial charge in [-0.3, -0.25) is 4.79 Å². The lowest BCUT2D eigenvalue weighted by Crippen LogP contribution is -2.34. The molecule has 1 aromatic rings. The number of rotatable bonds is 8. The third-order valence-corrected chi connectivity index (χ3v) is 4.01. The Kier molecular flexibility index (Phi) is 6.42. The minimum absolute atomic E-state index is 0.0587. The van der Waals surface area contributed by atoms with Crippen LogP contribution >= 0.6 is 11.3 Å². The van der Waals surface area contributed by atoms with Gasteiger partial charge in [-0.2, -0.15) is 0 Å². The van der Waals surface area contributed by atoms with Crippen LogP contribution in [0.4, 0.5) is 10.9 Å². The maximum absolute atomic E-state index is 12.2. The van der Waals surface area contributed by atoms with E-state index in [-0.39, 0.29) is 29.8 Å². The molecular weight excluding hydrogens is 288 g/mol. The first-order valence-electron chi connectivity index (χ1n) is 7.17. The van der Waals surface area contributed by atoms with E-state index in [2.05, 4.69) is 29.5 Å². The van der Waals surface area contributed by atoms with E-state index in [0.717, 1.165) is 12.8 Å². The number of carbonyl (C=O) groups is 1. The van der Waals surface area contributed by atoms with E-state index in [0.29, 0.717) is 16.6 Å². The number of anilines is 2. The molecule has 1 heterocycles. The second-order valence-corrected chi connectivity index (χ2v) is 7.21. The fourth-order valence-corrected chi connectivity index (χ4v) is 2.80. The number of nitrogens with two attached hydrogens (primary N) is 1. The number of nitrogen functional groups attached to an aromatic ring is 1. The van der Waals surface area contributed by atoms with Gasteiger partial charge in [0.25, 0.3) is 5.91 Å². The smallest absolute Gasteiger partial charge is 0.265 e. The molecule has 0 atom stereocenters. The number of nitrogens with zero attached hydrogens (tertiary/aromatic N) is 1. The Morgan fingerprint density at radius 3 is 2.71 bits per heavy atom. The number of thiazole rings is 1. The Labute approximate surface area is 130 Å². The van der Waals surface area contributed by atoms with Crippen LogP contribution < -0.4 is 16.4 Å². The molecule has 5 N–H and O–H groups in total. The summed E-state index contributed by atoms with van der Waals surface area (Å²) in [6.07, 6.45) is 1.58. The maximum atomic E-state index is 12.2. The number of carbonyl (C=O) groups excluding carboxylic acids is 1. The first-order valence-corrected chi connectivity index (χ1v) is 7.99. The third kappa shape index (κ3) is 5.89. The summed E-state index contributed by atoms with van der Waals surface area (Å²) >= 11 is 1.27. The molecule has 120 valence electrons. The average molecular weight is 314 g/mol. The lowest BCUT2D eigenvalue weighted by atomic mass is 9.88. The van der Waals surface area contributed by atoms with Crippen molar-refractivity contribution in [3.63, 3.8) is 0 Å². The van der Waals surface area contributed by atoms with Gasteiger partial charge in [-0.25, -0.2) is 4.98 Å². The summed E-state index contributed by atoms with van der Waals surface area (Å²) in [7, 11) is 0. The fourth-order valence-electron chi connectivity index (χ4n) is 1.85. The highest BCUT2D eigenvalue weighted by atomic mass is 32.1. The number of amides is 1. The number of hydrogen-bond acceptors (Lipinski definition) is 6. The van der Waals surface area contributed by atoms with Crippen molar-refractivity contribution in [2.24, 2.45) is 5.41 Å². The highest BCUT2D eigenvalue weighted by Crippen LogP contribution is 2.26. The first kappa shape index (κ1) is 17.7. The molecule has 1 rings (SSSR count). The second kappa shape index (κ2) is 7.61. The average Bonchev–Trinajstić information content (AvgIpc) is 2.74. The normalized spacial score (nSPS) is 11.7. The molecule has 0 radical (unpaired) electrons. The van der Waals surface area contributed by atoms with E-state index < -0.39 is 0 Å². The lowest BCUT2D eigenvalue weighted by molar-refractivity contribution is 0.0937. The molecule has 0 aliphatic heterocycles. The largest absolute Gasteiger partial charge is 0.396 e. The molecule has 0 fully saturated rings. The molecule has 0 bridgehead atoms. The van der Waals surface area contributed by atoms with E-state index in [1.54, 1.807) is 0 Å². The van der Waals surface area contributed by atoms with E-state index in [4.69, 9.17) is 10.8 Å². The number of aliphatic hydroxyl groups excluding tert-OH is 1. The molecule has 0 aromatic carbocycles. The third-order valence-electron chi connectivity index (χ3n) is 3.01. The van der Waals surface area contributed by atoms with E-state index in [1.165, 1.54) is 11.3 Å². The zero-order valence-electron chi connectivity index (χ0n) is 13.2. The van der Waals surface area contributed by atoms with Crippen LogP contribution in [0.5, 0.6) is 0 Å². The SMILES string of the molecule is CC(C)Nc1nc(N)c(C(=O)NCC(C)(C)CCCO)s1. The first-order chi connectivity index (χ1) is 9.75. The highest BCUT2D eigenvalue weighted by Gasteiger charge is 2.21. The van der Waals surface area contributed by atoms with Gasteiger partial charge in [0, 0.05) is 19.2 Å². The highest BCUT2D eigenvalue weighted by molar-refractivity contribution is 7.18. The Morgan fingerprint density at radius 1 is 1.48 bits per heavy atom. The zero-order chi connectivity index (χ0) is 16.0. The van der Waals surface area contributed by atoms with Crippen molar-refractivity contribution in [3.8, 4) is 0 Å². The van der Waals surface area contributed by atoms with Gasteiger partial charge in [-0.05, 0) is 32.1 Å². The Morgan fingerprint density at radius 2 is 2.14 bits per heavy atom. The zero-order valence-corrected chi connectivity index (χ0v) is 14.0. The molecule has 1 amide bonds. The summed E-state index contributed by atoms with van der Waals surface area (Å²) in [6, 6.07) is 0.240. The van der Waals surface area contributed by atoms with Crippen molar-refractivity contribution >= 4 is 28.2 Å². The topological polar surface area (TPSA) is 100 Å². The fraction of sp³-hybridized carbons (Fsp3) is 0.714. The van der Waals surface area contributed by atoms with Gasteiger partial charge >= 0.3 is 0 Å². The van der Waals surface area contributed by atoms with Crippen LogP contribution in [-0.4, -0.2) is 35.2 Å². The van der Waals surface area contributed by atoms with E-state index in [1.807, 2.05) is 13.8 Å². The van der Waals surface area contributed by atoms with Crippen LogP contribution in [0.1, 0.15) is 50.2 Å². The summed E-state index contributed by atoms with van der Waals surface area (Å²) in [5.74, 6) is 0.0627. The van der Waals surface area contributed by atoms with Crippen molar-refractivity contribution in [2.75, 3.05) is 24.2 Å². The molecule has 7 heteroatoms. The number of hydrogen-bond donors (Lipinski definition) is 4. The van der Waals surface area contributed by atoms with Gasteiger partial charge in [-0.15, -0.1) is 0 Å². The van der Waals surface area contributed by atoms with Crippen LogP contribution in [0.2, 0.25) is 0 Å². The van der Waals surface area contributed by atoms with Crippen molar-refractivity contribution in [1.29, 1.82) is 0 Å². The maximum Gasteiger partial charge on any atom is 0.265 e. The molecule has 0 aliphatic rings. The minimum atomic E-state index is -0.195. The Bertz CT molecular complexity index is 472. The van der Waals surface area contributed by atoms with Gasteiger partial charge < -0.3 is 21.5 Å².